The number of nitrogens with one attached hydrogen (secondary N) is 3. The van der Waals surface area contributed by atoms with Gasteiger partial charge in [0.15, 0.2) is 5.11 Å². The largest absolute Gasteiger partial charge is 0.339 e. The van der Waals surface area contributed by atoms with Gasteiger partial charge in [0.25, 0.3) is 0 Å². The number of hydrogen-bond acceptors (Lipinski definition) is 2. The SMILES string of the molecule is CCCCC(=O)N[C@H](NC(=S)Nc1ccc(I)cc1)C(Cl)(Cl)Cl. The van der Waals surface area contributed by atoms with Crippen LogP contribution in [0.4, 0.5) is 5.69 Å². The topological polar surface area (TPSA) is 53.2 Å². The van der Waals surface area contributed by atoms with E-state index in [9.17, 15) is 4.79 Å². The molecule has 0 aliphatic carbocycles. The van der Waals surface area contributed by atoms with Crippen LogP contribution in [-0.2, 0) is 4.79 Å². The molecule has 0 spiro atoms. The number of anilines is 1. The van der Waals surface area contributed by atoms with Crippen molar-refractivity contribution in [1.29, 1.82) is 0 Å². The van der Waals surface area contributed by atoms with Gasteiger partial charge in [-0.3, -0.25) is 4.79 Å². The standard InChI is InChI=1S/C14H17Cl3IN3OS/c1-2-3-4-11(22)20-12(14(15,16)17)21-13(23)19-10-7-5-9(18)6-8-10/h5-8,12H,2-4H2,1H3,(H,20,22)(H2,19,21,23)/t12-/m1/s1. The lowest BCUT2D eigenvalue weighted by Crippen LogP contribution is -2.56. The molecule has 0 aliphatic heterocycles. The normalized spacial score (nSPS) is 12.4. The lowest BCUT2D eigenvalue weighted by molar-refractivity contribution is -0.122. The Morgan fingerprint density at radius 2 is 1.87 bits per heavy atom. The Bertz CT molecular complexity index is 537. The van der Waals surface area contributed by atoms with Gasteiger partial charge in [0.2, 0.25) is 9.70 Å². The molecule has 1 aromatic rings. The van der Waals surface area contributed by atoms with Crippen LogP contribution >= 0.6 is 69.6 Å². The summed E-state index contributed by atoms with van der Waals surface area (Å²) in [5.74, 6) is -0.201. The van der Waals surface area contributed by atoms with Gasteiger partial charge < -0.3 is 16.0 Å². The molecule has 4 nitrogen and oxygen atoms in total. The second kappa shape index (κ2) is 10.1. The minimum absolute atomic E-state index is 0.201. The van der Waals surface area contributed by atoms with Gasteiger partial charge in [-0.25, -0.2) is 0 Å². The van der Waals surface area contributed by atoms with Crippen LogP contribution in [-0.4, -0.2) is 21.0 Å². The predicted molar refractivity (Wildman–Crippen MR) is 110 cm³/mol. The Labute approximate surface area is 170 Å². The lowest BCUT2D eigenvalue weighted by atomic mass is 10.2. The van der Waals surface area contributed by atoms with E-state index in [1.165, 1.54) is 0 Å². The zero-order chi connectivity index (χ0) is 17.5. The van der Waals surface area contributed by atoms with Crippen LogP contribution in [0.25, 0.3) is 0 Å². The molecule has 1 atom stereocenters. The van der Waals surface area contributed by atoms with E-state index in [0.717, 1.165) is 22.1 Å². The molecule has 0 saturated carbocycles. The number of benzene rings is 1. The minimum Gasteiger partial charge on any atom is -0.339 e. The summed E-state index contributed by atoms with van der Waals surface area (Å²) in [7, 11) is 0. The van der Waals surface area contributed by atoms with Crippen LogP contribution < -0.4 is 16.0 Å². The van der Waals surface area contributed by atoms with E-state index >= 15 is 0 Å². The first-order valence-corrected chi connectivity index (χ1v) is 9.53. The van der Waals surface area contributed by atoms with Crippen molar-refractivity contribution in [2.75, 3.05) is 5.32 Å². The molecule has 0 unspecified atom stereocenters. The fourth-order valence-electron chi connectivity index (χ4n) is 1.60. The van der Waals surface area contributed by atoms with Crippen molar-refractivity contribution in [2.45, 2.75) is 36.1 Å². The zero-order valence-electron chi connectivity index (χ0n) is 12.3. The number of carbonyl (C=O) groups is 1. The molecule has 0 fully saturated rings. The Balaban J connectivity index is 2.63. The molecule has 1 amide bonds. The smallest absolute Gasteiger partial charge is 0.228 e. The van der Waals surface area contributed by atoms with Crippen LogP contribution in [0, 0.1) is 3.57 Å². The van der Waals surface area contributed by atoms with Crippen molar-refractivity contribution in [3.8, 4) is 0 Å². The summed E-state index contributed by atoms with van der Waals surface area (Å²) < 4.78 is -0.631. The summed E-state index contributed by atoms with van der Waals surface area (Å²) in [5, 5.41) is 8.69. The van der Waals surface area contributed by atoms with Crippen LogP contribution in [0.3, 0.4) is 0 Å². The number of thiocarbonyl (C=S) groups is 1. The van der Waals surface area contributed by atoms with Crippen LogP contribution in [0.1, 0.15) is 26.2 Å². The minimum atomic E-state index is -1.74. The average molecular weight is 509 g/mol. The fourth-order valence-corrected chi connectivity index (χ4v) is 2.52. The summed E-state index contributed by atoms with van der Waals surface area (Å²) >= 11 is 25.1. The van der Waals surface area contributed by atoms with Crippen molar-refractivity contribution < 1.29 is 4.79 Å². The Hall–Kier alpha value is -0.0200. The Morgan fingerprint density at radius 1 is 1.26 bits per heavy atom. The number of halogens is 4. The van der Waals surface area contributed by atoms with Crippen molar-refractivity contribution in [3.63, 3.8) is 0 Å². The third-order valence-corrected chi connectivity index (χ3v) is 4.36. The van der Waals surface area contributed by atoms with Gasteiger partial charge in [0, 0.05) is 15.7 Å². The summed E-state index contributed by atoms with van der Waals surface area (Å²) in [5.41, 5.74) is 0.795. The first-order chi connectivity index (χ1) is 10.7. The van der Waals surface area contributed by atoms with E-state index in [1.54, 1.807) is 0 Å². The van der Waals surface area contributed by atoms with Gasteiger partial charge in [-0.05, 0) is 65.5 Å². The number of amides is 1. The number of carbonyl (C=O) groups excluding carboxylic acids is 1. The highest BCUT2D eigenvalue weighted by Crippen LogP contribution is 2.29. The highest BCUT2D eigenvalue weighted by molar-refractivity contribution is 14.1. The maximum absolute atomic E-state index is 11.8. The van der Waals surface area contributed by atoms with E-state index in [0.29, 0.717) is 6.42 Å². The van der Waals surface area contributed by atoms with Crippen LogP contribution in [0.5, 0.6) is 0 Å². The van der Waals surface area contributed by atoms with Gasteiger partial charge in [-0.15, -0.1) is 0 Å². The second-order valence-electron chi connectivity index (χ2n) is 4.75. The first kappa shape index (κ1) is 21.0. The van der Waals surface area contributed by atoms with E-state index in [-0.39, 0.29) is 11.0 Å². The maximum atomic E-state index is 11.8. The average Bonchev–Trinajstić information content (AvgIpc) is 2.46. The zero-order valence-corrected chi connectivity index (χ0v) is 17.6. The van der Waals surface area contributed by atoms with Crippen molar-refractivity contribution in [1.82, 2.24) is 10.6 Å². The lowest BCUT2D eigenvalue weighted by Gasteiger charge is -2.27. The number of unbranched alkanes of at least 4 members (excludes halogenated alkanes) is 1. The molecular weight excluding hydrogens is 492 g/mol. The first-order valence-electron chi connectivity index (χ1n) is 6.91. The van der Waals surface area contributed by atoms with Crippen LogP contribution in [0.15, 0.2) is 24.3 Å². The van der Waals surface area contributed by atoms with Crippen LogP contribution in [0.2, 0.25) is 0 Å². The Kier molecular flexibility index (Phi) is 9.21. The summed E-state index contributed by atoms with van der Waals surface area (Å²) in [4.78, 5) is 11.8. The van der Waals surface area contributed by atoms with E-state index < -0.39 is 9.96 Å². The van der Waals surface area contributed by atoms with Gasteiger partial charge in [0.05, 0.1) is 0 Å². The third-order valence-electron chi connectivity index (χ3n) is 2.77. The van der Waals surface area contributed by atoms with Gasteiger partial charge in [0.1, 0.15) is 6.17 Å². The van der Waals surface area contributed by atoms with E-state index in [1.807, 2.05) is 31.2 Å². The van der Waals surface area contributed by atoms with Crippen molar-refractivity contribution >= 4 is 86.3 Å². The van der Waals surface area contributed by atoms with Gasteiger partial charge in [-0.1, -0.05) is 48.1 Å². The molecule has 0 bridgehead atoms. The van der Waals surface area contributed by atoms with Gasteiger partial charge >= 0.3 is 0 Å². The fraction of sp³-hybridized carbons (Fsp3) is 0.429. The third kappa shape index (κ3) is 8.58. The van der Waals surface area contributed by atoms with Gasteiger partial charge in [-0.2, -0.15) is 0 Å². The molecule has 0 radical (unpaired) electrons. The maximum Gasteiger partial charge on any atom is 0.228 e. The molecule has 0 saturated heterocycles. The van der Waals surface area contributed by atoms with E-state index in [4.69, 9.17) is 47.0 Å². The van der Waals surface area contributed by atoms with Crippen molar-refractivity contribution in [2.24, 2.45) is 0 Å². The summed E-state index contributed by atoms with van der Waals surface area (Å²) in [6.45, 7) is 2.00. The molecule has 1 aromatic carbocycles. The molecule has 3 N–H and O–H groups in total. The summed E-state index contributed by atoms with van der Waals surface area (Å²) in [6, 6.07) is 7.62. The van der Waals surface area contributed by atoms with E-state index in [2.05, 4.69) is 38.5 Å². The molecule has 128 valence electrons. The molecule has 0 heterocycles. The number of alkyl halides is 3. The predicted octanol–water partition coefficient (Wildman–Crippen LogP) is 4.58. The highest BCUT2D eigenvalue weighted by atomic mass is 127. The summed E-state index contributed by atoms with van der Waals surface area (Å²) in [6.07, 6.45) is 1.11. The highest BCUT2D eigenvalue weighted by Gasteiger charge is 2.34. The molecule has 23 heavy (non-hydrogen) atoms. The molecule has 0 aromatic heterocycles. The molecular formula is C14H17Cl3IN3OS. The number of rotatable bonds is 6. The molecule has 0 aliphatic rings. The number of hydrogen-bond donors (Lipinski definition) is 3. The molecule has 9 heteroatoms. The quantitative estimate of drug-likeness (QED) is 0.228. The Morgan fingerprint density at radius 3 is 2.39 bits per heavy atom. The van der Waals surface area contributed by atoms with Crippen molar-refractivity contribution in [3.05, 3.63) is 27.8 Å². The monoisotopic (exact) mass is 507 g/mol. The molecule has 1 rings (SSSR count). The second-order valence-corrected chi connectivity index (χ2v) is 8.77.